The van der Waals surface area contributed by atoms with Crippen LogP contribution in [0.15, 0.2) is 29.6 Å². The molecule has 1 fully saturated rings. The van der Waals surface area contributed by atoms with Crippen LogP contribution in [0.3, 0.4) is 0 Å². The Morgan fingerprint density at radius 1 is 1.30 bits per heavy atom. The highest BCUT2D eigenvalue weighted by molar-refractivity contribution is 6.07. The lowest BCUT2D eigenvalue weighted by atomic mass is 9.90. The van der Waals surface area contributed by atoms with Crippen LogP contribution in [0, 0.1) is 0 Å². The quantitative estimate of drug-likeness (QED) is 0.722. The lowest BCUT2D eigenvalue weighted by Crippen LogP contribution is -2.41. The zero-order valence-corrected chi connectivity index (χ0v) is 13.3. The maximum atomic E-state index is 12.1. The van der Waals surface area contributed by atoms with Crippen molar-refractivity contribution in [2.75, 3.05) is 19.4 Å². The normalized spacial score (nSPS) is 17.4. The molecule has 0 spiro atoms. The molecule has 1 aromatic carbocycles. The van der Waals surface area contributed by atoms with Crippen molar-refractivity contribution in [2.24, 2.45) is 0 Å². The van der Waals surface area contributed by atoms with E-state index in [4.69, 9.17) is 0 Å². The summed E-state index contributed by atoms with van der Waals surface area (Å²) in [6, 6.07) is 5.35. The zero-order valence-electron chi connectivity index (χ0n) is 13.3. The van der Waals surface area contributed by atoms with E-state index in [1.54, 1.807) is 32.3 Å². The molecule has 1 aromatic rings. The molecular formula is C17H21N3O3. The van der Waals surface area contributed by atoms with Crippen LogP contribution in [0.1, 0.15) is 36.0 Å². The predicted molar refractivity (Wildman–Crippen MR) is 87.2 cm³/mol. The summed E-state index contributed by atoms with van der Waals surface area (Å²) < 4.78 is 0. The van der Waals surface area contributed by atoms with Gasteiger partial charge in [0, 0.05) is 25.8 Å². The molecule has 0 aromatic heterocycles. The van der Waals surface area contributed by atoms with E-state index in [1.165, 1.54) is 11.3 Å². The number of nitrogens with zero attached hydrogens (tertiary/aromatic N) is 1. The highest BCUT2D eigenvalue weighted by Crippen LogP contribution is 2.33. The molecule has 1 amide bonds. The van der Waals surface area contributed by atoms with Gasteiger partial charge in [0.05, 0.1) is 17.7 Å². The number of carbonyl (C=O) groups excluding carboxylic acids is 2. The molecule has 0 saturated heterocycles. The van der Waals surface area contributed by atoms with E-state index in [0.717, 1.165) is 18.5 Å². The van der Waals surface area contributed by atoms with Crippen LogP contribution in [-0.2, 0) is 4.79 Å². The highest BCUT2D eigenvalue weighted by Gasteiger charge is 2.31. The number of ketones is 1. The summed E-state index contributed by atoms with van der Waals surface area (Å²) in [5, 5.41) is 16.7. The fourth-order valence-corrected chi connectivity index (χ4v) is 2.66. The number of nitrogens with one attached hydrogen (secondary N) is 2. The number of Topliss-reactive ketones (excluding diaryl/α,β-unsaturated/α-hetero) is 1. The number of aromatic hydroxyl groups is 1. The molecule has 0 radical (unpaired) electrons. The van der Waals surface area contributed by atoms with Gasteiger partial charge in [-0.2, -0.15) is 0 Å². The lowest BCUT2D eigenvalue weighted by molar-refractivity contribution is -0.116. The fourth-order valence-electron chi connectivity index (χ4n) is 2.66. The van der Waals surface area contributed by atoms with E-state index in [-0.39, 0.29) is 23.0 Å². The molecule has 122 valence electrons. The largest absolute Gasteiger partial charge is 0.505 e. The molecule has 2 aliphatic rings. The molecule has 0 bridgehead atoms. The Morgan fingerprint density at radius 2 is 2.04 bits per heavy atom. The molecule has 3 N–H and O–H groups in total. The molecule has 6 nitrogen and oxygen atoms in total. The van der Waals surface area contributed by atoms with Gasteiger partial charge >= 0.3 is 0 Å². The molecule has 0 heterocycles. The van der Waals surface area contributed by atoms with Crippen LogP contribution >= 0.6 is 0 Å². The number of phenolic OH excluding ortho intramolecular Hbond substituents is 1. The molecule has 2 aliphatic carbocycles. The number of phenols is 1. The first kappa shape index (κ1) is 15.4. The summed E-state index contributed by atoms with van der Waals surface area (Å²) >= 11 is 0. The molecular weight excluding hydrogens is 294 g/mol. The Balaban J connectivity index is 1.82. The van der Waals surface area contributed by atoms with Crippen molar-refractivity contribution in [1.29, 1.82) is 0 Å². The Kier molecular flexibility index (Phi) is 3.98. The number of carbonyl (C=O) groups is 2. The predicted octanol–water partition coefficient (Wildman–Crippen LogP) is 1.83. The second kappa shape index (κ2) is 5.95. The smallest absolute Gasteiger partial charge is 0.257 e. The van der Waals surface area contributed by atoms with E-state index in [2.05, 4.69) is 10.6 Å². The van der Waals surface area contributed by atoms with Gasteiger partial charge in [0.25, 0.3) is 5.91 Å². The maximum Gasteiger partial charge on any atom is 0.257 e. The van der Waals surface area contributed by atoms with Crippen molar-refractivity contribution in [3.05, 3.63) is 35.2 Å². The van der Waals surface area contributed by atoms with E-state index < -0.39 is 0 Å². The second-order valence-electron chi connectivity index (χ2n) is 6.25. The Hall–Kier alpha value is -2.50. The summed E-state index contributed by atoms with van der Waals surface area (Å²) in [5.41, 5.74) is 1.96. The first-order valence-corrected chi connectivity index (χ1v) is 7.81. The minimum Gasteiger partial charge on any atom is -0.505 e. The minimum atomic E-state index is -0.284. The topological polar surface area (TPSA) is 81.7 Å². The average molecular weight is 315 g/mol. The van der Waals surface area contributed by atoms with Crippen molar-refractivity contribution in [2.45, 2.75) is 31.7 Å². The van der Waals surface area contributed by atoms with Gasteiger partial charge in [-0.25, -0.2) is 0 Å². The molecule has 0 atom stereocenters. The molecule has 0 aliphatic heterocycles. The number of allylic oxidation sites excluding steroid dienone is 2. The number of benzene rings is 1. The monoisotopic (exact) mass is 315 g/mol. The molecule has 0 unspecified atom stereocenters. The van der Waals surface area contributed by atoms with Gasteiger partial charge in [-0.1, -0.05) is 6.07 Å². The average Bonchev–Trinajstić information content (AvgIpc) is 2.47. The molecule has 23 heavy (non-hydrogen) atoms. The first-order chi connectivity index (χ1) is 11.0. The van der Waals surface area contributed by atoms with E-state index in [0.29, 0.717) is 23.8 Å². The summed E-state index contributed by atoms with van der Waals surface area (Å²) in [5.74, 6) is -0.412. The summed E-state index contributed by atoms with van der Waals surface area (Å²) in [7, 11) is 3.25. The number of para-hydroxylation sites is 1. The van der Waals surface area contributed by atoms with Gasteiger partial charge in [-0.15, -0.1) is 0 Å². The lowest BCUT2D eigenvalue weighted by Gasteiger charge is -2.33. The van der Waals surface area contributed by atoms with E-state index in [9.17, 15) is 14.7 Å². The van der Waals surface area contributed by atoms with Gasteiger partial charge < -0.3 is 20.6 Å². The second-order valence-corrected chi connectivity index (χ2v) is 6.25. The van der Waals surface area contributed by atoms with Gasteiger partial charge in [0.15, 0.2) is 11.5 Å². The standard InChI is InChI=1S/C17H21N3O3/c1-20(2)17(23)11-7-4-8-12(16(11)22)19-15-13(9-14(15)21)18-10-5-3-6-10/h4,7-8,10,18-19,22H,3,5-6,9H2,1-2H3. The van der Waals surface area contributed by atoms with Crippen molar-refractivity contribution in [3.8, 4) is 5.75 Å². The maximum absolute atomic E-state index is 12.1. The van der Waals surface area contributed by atoms with Gasteiger partial charge in [-0.3, -0.25) is 9.59 Å². The summed E-state index contributed by atoms with van der Waals surface area (Å²) in [6.45, 7) is 0. The zero-order chi connectivity index (χ0) is 16.6. The summed E-state index contributed by atoms with van der Waals surface area (Å²) in [6.07, 6.45) is 3.87. The number of rotatable bonds is 5. The van der Waals surface area contributed by atoms with Gasteiger partial charge in [0.1, 0.15) is 5.70 Å². The van der Waals surface area contributed by atoms with Crippen LogP contribution < -0.4 is 10.6 Å². The van der Waals surface area contributed by atoms with Gasteiger partial charge in [-0.05, 0) is 31.4 Å². The number of hydrogen-bond donors (Lipinski definition) is 3. The van der Waals surface area contributed by atoms with Crippen LogP contribution in [0.2, 0.25) is 0 Å². The first-order valence-electron chi connectivity index (χ1n) is 7.81. The fraction of sp³-hybridized carbons (Fsp3) is 0.412. The highest BCUT2D eigenvalue weighted by atomic mass is 16.3. The molecule has 1 saturated carbocycles. The Labute approximate surface area is 135 Å². The number of hydrogen-bond acceptors (Lipinski definition) is 5. The SMILES string of the molecule is CN(C)C(=O)c1cccc(NC2=C(NC3CCC3)CC2=O)c1O. The Morgan fingerprint density at radius 3 is 2.61 bits per heavy atom. The number of anilines is 1. The van der Waals surface area contributed by atoms with Crippen molar-refractivity contribution >= 4 is 17.4 Å². The van der Waals surface area contributed by atoms with Crippen LogP contribution in [0.25, 0.3) is 0 Å². The molecule has 6 heteroatoms. The van der Waals surface area contributed by atoms with Crippen molar-refractivity contribution < 1.29 is 14.7 Å². The van der Waals surface area contributed by atoms with Gasteiger partial charge in [0.2, 0.25) is 0 Å². The van der Waals surface area contributed by atoms with Crippen LogP contribution in [-0.4, -0.2) is 41.8 Å². The van der Waals surface area contributed by atoms with E-state index >= 15 is 0 Å². The van der Waals surface area contributed by atoms with Crippen molar-refractivity contribution in [3.63, 3.8) is 0 Å². The molecule has 3 rings (SSSR count). The summed E-state index contributed by atoms with van der Waals surface area (Å²) in [4.78, 5) is 25.3. The third-order valence-electron chi connectivity index (χ3n) is 4.33. The minimum absolute atomic E-state index is 0.00978. The Bertz CT molecular complexity index is 690. The van der Waals surface area contributed by atoms with Crippen molar-refractivity contribution in [1.82, 2.24) is 10.2 Å². The van der Waals surface area contributed by atoms with Crippen LogP contribution in [0.5, 0.6) is 5.75 Å². The third kappa shape index (κ3) is 2.88. The third-order valence-corrected chi connectivity index (χ3v) is 4.33. The number of amides is 1. The van der Waals surface area contributed by atoms with Crippen LogP contribution in [0.4, 0.5) is 5.69 Å². The van der Waals surface area contributed by atoms with E-state index in [1.807, 2.05) is 0 Å².